The number of nitrogens with zero attached hydrogens (tertiary/aromatic N) is 1. The van der Waals surface area contributed by atoms with Crippen molar-refractivity contribution in [1.29, 1.82) is 0 Å². The molecule has 0 saturated carbocycles. The van der Waals surface area contributed by atoms with E-state index in [1.807, 2.05) is 13.0 Å². The van der Waals surface area contributed by atoms with Crippen molar-refractivity contribution in [3.05, 3.63) is 52.5 Å². The number of ether oxygens (including phenoxy) is 2. The first-order valence-electron chi connectivity index (χ1n) is 8.46. The van der Waals surface area contributed by atoms with Crippen molar-refractivity contribution in [3.8, 4) is 11.5 Å². The summed E-state index contributed by atoms with van der Waals surface area (Å²) in [6, 6.07) is 11.6. The third kappa shape index (κ3) is 5.38. The van der Waals surface area contributed by atoms with Crippen LogP contribution in [0.3, 0.4) is 0 Å². The standard InChI is InChI=1S/C20H25ClN2O3/c1-5-23(12-15-8-6-7-14(2)9-15)13-20(24)22-17-11-18(25-3)16(21)10-19(17)26-4/h6-11H,5,12-13H2,1-4H3,(H,22,24). The molecular weight excluding hydrogens is 352 g/mol. The quantitative estimate of drug-likeness (QED) is 0.752. The van der Waals surface area contributed by atoms with Gasteiger partial charge in [0, 0.05) is 18.7 Å². The topological polar surface area (TPSA) is 50.8 Å². The fourth-order valence-electron chi connectivity index (χ4n) is 2.70. The van der Waals surface area contributed by atoms with E-state index in [-0.39, 0.29) is 12.5 Å². The summed E-state index contributed by atoms with van der Waals surface area (Å²) in [4.78, 5) is 14.6. The Morgan fingerprint density at radius 2 is 1.88 bits per heavy atom. The van der Waals surface area contributed by atoms with Crippen LogP contribution in [0.1, 0.15) is 18.1 Å². The minimum Gasteiger partial charge on any atom is -0.495 e. The number of hydrogen-bond acceptors (Lipinski definition) is 4. The molecule has 0 aliphatic heterocycles. The summed E-state index contributed by atoms with van der Waals surface area (Å²) in [5.41, 5.74) is 2.93. The molecular formula is C20H25ClN2O3. The zero-order valence-corrected chi connectivity index (χ0v) is 16.4. The molecule has 5 nitrogen and oxygen atoms in total. The zero-order chi connectivity index (χ0) is 19.1. The van der Waals surface area contributed by atoms with Crippen molar-refractivity contribution in [1.82, 2.24) is 4.90 Å². The van der Waals surface area contributed by atoms with Gasteiger partial charge in [-0.2, -0.15) is 0 Å². The summed E-state index contributed by atoms with van der Waals surface area (Å²) in [7, 11) is 3.06. The number of carbonyl (C=O) groups is 1. The smallest absolute Gasteiger partial charge is 0.238 e. The van der Waals surface area contributed by atoms with E-state index in [9.17, 15) is 4.79 Å². The van der Waals surface area contributed by atoms with Crippen molar-refractivity contribution < 1.29 is 14.3 Å². The molecule has 140 valence electrons. The fraction of sp³-hybridized carbons (Fsp3) is 0.350. The van der Waals surface area contributed by atoms with Gasteiger partial charge in [0.25, 0.3) is 0 Å². The number of hydrogen-bond donors (Lipinski definition) is 1. The fourth-order valence-corrected chi connectivity index (χ4v) is 2.93. The Balaban J connectivity index is 2.07. The van der Waals surface area contributed by atoms with E-state index in [1.54, 1.807) is 12.1 Å². The Kier molecular flexibility index (Phi) is 7.30. The predicted octanol–water partition coefficient (Wildman–Crippen LogP) is 4.13. The Hall–Kier alpha value is -2.24. The van der Waals surface area contributed by atoms with Gasteiger partial charge in [-0.1, -0.05) is 48.4 Å². The van der Waals surface area contributed by atoms with Gasteiger partial charge in [0.05, 0.1) is 31.5 Å². The molecule has 0 unspecified atom stereocenters. The number of aryl methyl sites for hydroxylation is 1. The third-order valence-corrected chi connectivity index (χ3v) is 4.35. The Morgan fingerprint density at radius 3 is 2.50 bits per heavy atom. The maximum atomic E-state index is 12.5. The summed E-state index contributed by atoms with van der Waals surface area (Å²) >= 11 is 6.10. The van der Waals surface area contributed by atoms with Crippen LogP contribution in [-0.2, 0) is 11.3 Å². The van der Waals surface area contributed by atoms with E-state index in [0.717, 1.165) is 6.54 Å². The van der Waals surface area contributed by atoms with E-state index in [1.165, 1.54) is 25.3 Å². The second-order valence-corrected chi connectivity index (χ2v) is 6.43. The first-order valence-corrected chi connectivity index (χ1v) is 8.83. The number of nitrogens with one attached hydrogen (secondary N) is 1. The highest BCUT2D eigenvalue weighted by atomic mass is 35.5. The minimum absolute atomic E-state index is 0.123. The van der Waals surface area contributed by atoms with Crippen LogP contribution in [0.2, 0.25) is 5.02 Å². The zero-order valence-electron chi connectivity index (χ0n) is 15.6. The van der Waals surface area contributed by atoms with Gasteiger partial charge in [-0.05, 0) is 19.0 Å². The lowest BCUT2D eigenvalue weighted by Gasteiger charge is -2.21. The molecule has 0 heterocycles. The van der Waals surface area contributed by atoms with Crippen LogP contribution in [0, 0.1) is 6.92 Å². The van der Waals surface area contributed by atoms with Gasteiger partial charge in [-0.15, -0.1) is 0 Å². The SMILES string of the molecule is CCN(CC(=O)Nc1cc(OC)c(Cl)cc1OC)Cc1cccc(C)c1. The highest BCUT2D eigenvalue weighted by molar-refractivity contribution is 6.32. The number of halogens is 1. The molecule has 2 aromatic carbocycles. The molecule has 0 spiro atoms. The molecule has 0 fully saturated rings. The summed E-state index contributed by atoms with van der Waals surface area (Å²) in [6.45, 7) is 5.86. The number of anilines is 1. The molecule has 2 aromatic rings. The molecule has 2 rings (SSSR count). The van der Waals surface area contributed by atoms with Gasteiger partial charge in [0.1, 0.15) is 11.5 Å². The molecule has 26 heavy (non-hydrogen) atoms. The summed E-state index contributed by atoms with van der Waals surface area (Å²) in [5.74, 6) is 0.850. The second kappa shape index (κ2) is 9.46. The molecule has 1 N–H and O–H groups in total. The average molecular weight is 377 g/mol. The lowest BCUT2D eigenvalue weighted by molar-refractivity contribution is -0.117. The van der Waals surface area contributed by atoms with Crippen molar-refractivity contribution in [2.24, 2.45) is 0 Å². The number of rotatable bonds is 8. The van der Waals surface area contributed by atoms with E-state index in [4.69, 9.17) is 21.1 Å². The van der Waals surface area contributed by atoms with E-state index < -0.39 is 0 Å². The normalized spacial score (nSPS) is 10.7. The van der Waals surface area contributed by atoms with Crippen LogP contribution in [0.4, 0.5) is 5.69 Å². The van der Waals surface area contributed by atoms with Gasteiger partial charge < -0.3 is 14.8 Å². The highest BCUT2D eigenvalue weighted by Gasteiger charge is 2.15. The highest BCUT2D eigenvalue weighted by Crippen LogP contribution is 2.35. The molecule has 0 saturated heterocycles. The van der Waals surface area contributed by atoms with Crippen LogP contribution >= 0.6 is 11.6 Å². The van der Waals surface area contributed by atoms with Crippen molar-refractivity contribution in [2.45, 2.75) is 20.4 Å². The number of carbonyl (C=O) groups excluding carboxylic acids is 1. The maximum absolute atomic E-state index is 12.5. The number of likely N-dealkylation sites (N-methyl/N-ethyl adjacent to an activating group) is 1. The number of amides is 1. The lowest BCUT2D eigenvalue weighted by atomic mass is 10.1. The molecule has 0 radical (unpaired) electrons. The number of methoxy groups -OCH3 is 2. The average Bonchev–Trinajstić information content (AvgIpc) is 2.62. The summed E-state index contributed by atoms with van der Waals surface area (Å²) in [5, 5.41) is 3.31. The van der Waals surface area contributed by atoms with Crippen LogP contribution in [-0.4, -0.2) is 38.1 Å². The van der Waals surface area contributed by atoms with Gasteiger partial charge in [-0.3, -0.25) is 9.69 Å². The predicted molar refractivity (Wildman–Crippen MR) is 105 cm³/mol. The van der Waals surface area contributed by atoms with Crippen molar-refractivity contribution >= 4 is 23.2 Å². The van der Waals surface area contributed by atoms with Gasteiger partial charge in [0.2, 0.25) is 5.91 Å². The molecule has 0 aliphatic rings. The van der Waals surface area contributed by atoms with Crippen LogP contribution in [0.5, 0.6) is 11.5 Å². The summed E-state index contributed by atoms with van der Waals surface area (Å²) < 4.78 is 10.5. The monoisotopic (exact) mass is 376 g/mol. The number of benzene rings is 2. The largest absolute Gasteiger partial charge is 0.495 e. The van der Waals surface area contributed by atoms with Gasteiger partial charge in [-0.25, -0.2) is 0 Å². The molecule has 0 bridgehead atoms. The van der Waals surface area contributed by atoms with E-state index >= 15 is 0 Å². The molecule has 1 amide bonds. The lowest BCUT2D eigenvalue weighted by Crippen LogP contribution is -2.32. The first-order chi connectivity index (χ1) is 12.5. The molecule has 0 aromatic heterocycles. The van der Waals surface area contributed by atoms with E-state index in [0.29, 0.717) is 28.8 Å². The Morgan fingerprint density at radius 1 is 1.15 bits per heavy atom. The minimum atomic E-state index is -0.123. The first kappa shape index (κ1) is 20.1. The van der Waals surface area contributed by atoms with Gasteiger partial charge in [0.15, 0.2) is 0 Å². The van der Waals surface area contributed by atoms with Crippen LogP contribution < -0.4 is 14.8 Å². The van der Waals surface area contributed by atoms with Crippen LogP contribution in [0.15, 0.2) is 36.4 Å². The molecule has 0 atom stereocenters. The maximum Gasteiger partial charge on any atom is 0.238 e. The Bertz CT molecular complexity index is 765. The third-order valence-electron chi connectivity index (χ3n) is 4.05. The van der Waals surface area contributed by atoms with Gasteiger partial charge >= 0.3 is 0 Å². The van der Waals surface area contributed by atoms with Crippen molar-refractivity contribution in [2.75, 3.05) is 32.6 Å². The van der Waals surface area contributed by atoms with Crippen molar-refractivity contribution in [3.63, 3.8) is 0 Å². The van der Waals surface area contributed by atoms with E-state index in [2.05, 4.69) is 35.3 Å². The van der Waals surface area contributed by atoms with Crippen LogP contribution in [0.25, 0.3) is 0 Å². The Labute approximate surface area is 159 Å². The molecule has 6 heteroatoms. The molecule has 0 aliphatic carbocycles. The summed E-state index contributed by atoms with van der Waals surface area (Å²) in [6.07, 6.45) is 0. The second-order valence-electron chi connectivity index (χ2n) is 6.03.